The van der Waals surface area contributed by atoms with Gasteiger partial charge in [0.15, 0.2) is 0 Å². The Morgan fingerprint density at radius 1 is 1.38 bits per heavy atom. The van der Waals surface area contributed by atoms with Gasteiger partial charge in [0.2, 0.25) is 0 Å². The summed E-state index contributed by atoms with van der Waals surface area (Å²) in [5, 5.41) is 2.85. The van der Waals surface area contributed by atoms with Crippen molar-refractivity contribution in [3.63, 3.8) is 0 Å². The monoisotopic (exact) mass is 221 g/mol. The lowest BCUT2D eigenvalue weighted by molar-refractivity contribution is 0.0952. The molecule has 0 fully saturated rings. The number of nitrogen functional groups attached to an aromatic ring is 1. The van der Waals surface area contributed by atoms with Gasteiger partial charge in [-0.3, -0.25) is 4.79 Å². The number of hydrogen-bond acceptors (Lipinski definition) is 3. The van der Waals surface area contributed by atoms with Gasteiger partial charge in [0, 0.05) is 17.8 Å². The zero-order valence-corrected chi connectivity index (χ0v) is 9.62. The average Bonchev–Trinajstić information content (AvgIpc) is 2.28. The van der Waals surface area contributed by atoms with E-state index in [1.165, 1.54) is 0 Å². The number of rotatable bonds is 5. The summed E-state index contributed by atoms with van der Waals surface area (Å²) in [6.07, 6.45) is 1.83. The maximum absolute atomic E-state index is 11.8. The Kier molecular flexibility index (Phi) is 4.79. The second-order valence-electron chi connectivity index (χ2n) is 3.77. The number of nitrogens with two attached hydrogens (primary N) is 2. The van der Waals surface area contributed by atoms with Crippen LogP contribution in [0, 0.1) is 6.92 Å². The quantitative estimate of drug-likeness (QED) is 0.513. The maximum Gasteiger partial charge on any atom is 0.251 e. The van der Waals surface area contributed by atoms with Crippen molar-refractivity contribution in [3.8, 4) is 0 Å². The van der Waals surface area contributed by atoms with Gasteiger partial charge < -0.3 is 16.8 Å². The molecule has 0 aliphatic carbocycles. The third-order valence-corrected chi connectivity index (χ3v) is 2.54. The maximum atomic E-state index is 11.8. The summed E-state index contributed by atoms with van der Waals surface area (Å²) in [6, 6.07) is 5.36. The summed E-state index contributed by atoms with van der Waals surface area (Å²) in [6.45, 7) is 3.17. The van der Waals surface area contributed by atoms with Gasteiger partial charge >= 0.3 is 0 Å². The van der Waals surface area contributed by atoms with Crippen LogP contribution in [0.5, 0.6) is 0 Å². The molecule has 1 aromatic carbocycles. The predicted octanol–water partition coefficient (Wildman–Crippen LogP) is 1.05. The van der Waals surface area contributed by atoms with E-state index in [2.05, 4.69) is 5.32 Å². The molecular weight excluding hydrogens is 202 g/mol. The van der Waals surface area contributed by atoms with Gasteiger partial charge in [0.05, 0.1) is 0 Å². The average molecular weight is 221 g/mol. The minimum Gasteiger partial charge on any atom is -0.398 e. The molecule has 0 radical (unpaired) electrons. The molecule has 5 N–H and O–H groups in total. The zero-order chi connectivity index (χ0) is 12.0. The van der Waals surface area contributed by atoms with Gasteiger partial charge in [-0.05, 0) is 44.0 Å². The van der Waals surface area contributed by atoms with Crippen LogP contribution in [0.2, 0.25) is 0 Å². The van der Waals surface area contributed by atoms with E-state index in [-0.39, 0.29) is 5.91 Å². The van der Waals surface area contributed by atoms with Crippen molar-refractivity contribution in [1.29, 1.82) is 0 Å². The summed E-state index contributed by atoms with van der Waals surface area (Å²) in [4.78, 5) is 11.8. The number of benzene rings is 1. The molecular formula is C12H19N3O. The molecule has 0 saturated carbocycles. The molecule has 0 spiro atoms. The van der Waals surface area contributed by atoms with E-state index in [0.717, 1.165) is 18.4 Å². The van der Waals surface area contributed by atoms with E-state index >= 15 is 0 Å². The Hall–Kier alpha value is -1.55. The lowest BCUT2D eigenvalue weighted by Gasteiger charge is -2.08. The van der Waals surface area contributed by atoms with Gasteiger partial charge in [0.1, 0.15) is 0 Å². The lowest BCUT2D eigenvalue weighted by Crippen LogP contribution is -2.25. The molecule has 0 heterocycles. The van der Waals surface area contributed by atoms with Crippen LogP contribution >= 0.6 is 0 Å². The van der Waals surface area contributed by atoms with E-state index in [0.29, 0.717) is 24.3 Å². The number of carbonyl (C=O) groups is 1. The smallest absolute Gasteiger partial charge is 0.251 e. The first-order chi connectivity index (χ1) is 7.66. The van der Waals surface area contributed by atoms with Gasteiger partial charge in [0.25, 0.3) is 5.91 Å². The molecule has 0 unspecified atom stereocenters. The second kappa shape index (κ2) is 6.12. The SMILES string of the molecule is Cc1c(N)cccc1C(=O)NCCCCN. The lowest BCUT2D eigenvalue weighted by atomic mass is 10.1. The van der Waals surface area contributed by atoms with Crippen molar-refractivity contribution in [3.05, 3.63) is 29.3 Å². The molecule has 88 valence electrons. The van der Waals surface area contributed by atoms with Crippen LogP contribution in [0.15, 0.2) is 18.2 Å². The Bertz CT molecular complexity index is 363. The number of anilines is 1. The third-order valence-electron chi connectivity index (χ3n) is 2.54. The highest BCUT2D eigenvalue weighted by Crippen LogP contribution is 2.15. The summed E-state index contributed by atoms with van der Waals surface area (Å²) >= 11 is 0. The molecule has 0 atom stereocenters. The molecule has 1 amide bonds. The first-order valence-corrected chi connectivity index (χ1v) is 5.50. The van der Waals surface area contributed by atoms with E-state index in [9.17, 15) is 4.79 Å². The highest BCUT2D eigenvalue weighted by Gasteiger charge is 2.09. The zero-order valence-electron chi connectivity index (χ0n) is 9.62. The molecule has 1 rings (SSSR count). The van der Waals surface area contributed by atoms with Crippen LogP contribution in [0.4, 0.5) is 5.69 Å². The van der Waals surface area contributed by atoms with Crippen molar-refractivity contribution in [2.45, 2.75) is 19.8 Å². The Morgan fingerprint density at radius 3 is 2.81 bits per heavy atom. The summed E-state index contributed by atoms with van der Waals surface area (Å²) in [5.74, 6) is -0.0678. The molecule has 0 saturated heterocycles. The van der Waals surface area contributed by atoms with Gasteiger partial charge in [-0.15, -0.1) is 0 Å². The Balaban J connectivity index is 2.56. The highest BCUT2D eigenvalue weighted by molar-refractivity contribution is 5.96. The highest BCUT2D eigenvalue weighted by atomic mass is 16.1. The van der Waals surface area contributed by atoms with Crippen LogP contribution < -0.4 is 16.8 Å². The number of amides is 1. The van der Waals surface area contributed by atoms with Crippen molar-refractivity contribution in [2.75, 3.05) is 18.8 Å². The molecule has 0 aliphatic heterocycles. The third kappa shape index (κ3) is 3.24. The van der Waals surface area contributed by atoms with Gasteiger partial charge in [-0.2, -0.15) is 0 Å². The predicted molar refractivity (Wildman–Crippen MR) is 66.2 cm³/mol. The van der Waals surface area contributed by atoms with Crippen LogP contribution in [0.25, 0.3) is 0 Å². The number of carbonyl (C=O) groups excluding carboxylic acids is 1. The van der Waals surface area contributed by atoms with Crippen molar-refractivity contribution >= 4 is 11.6 Å². The van der Waals surface area contributed by atoms with Crippen molar-refractivity contribution < 1.29 is 4.79 Å². The van der Waals surface area contributed by atoms with Crippen molar-refractivity contribution in [1.82, 2.24) is 5.32 Å². The summed E-state index contributed by atoms with van der Waals surface area (Å²) in [7, 11) is 0. The van der Waals surface area contributed by atoms with E-state index in [1.54, 1.807) is 18.2 Å². The minimum absolute atomic E-state index is 0.0678. The molecule has 0 aliphatic rings. The molecule has 4 heteroatoms. The number of unbranched alkanes of at least 4 members (excludes halogenated alkanes) is 1. The van der Waals surface area contributed by atoms with Crippen LogP contribution in [0.1, 0.15) is 28.8 Å². The van der Waals surface area contributed by atoms with Gasteiger partial charge in [-0.25, -0.2) is 0 Å². The largest absolute Gasteiger partial charge is 0.398 e. The summed E-state index contributed by atoms with van der Waals surface area (Å²) < 4.78 is 0. The normalized spacial score (nSPS) is 10.1. The second-order valence-corrected chi connectivity index (χ2v) is 3.77. The minimum atomic E-state index is -0.0678. The number of hydrogen-bond donors (Lipinski definition) is 3. The van der Waals surface area contributed by atoms with Crippen LogP contribution in [-0.4, -0.2) is 19.0 Å². The molecule has 1 aromatic rings. The van der Waals surface area contributed by atoms with Gasteiger partial charge in [-0.1, -0.05) is 6.07 Å². The van der Waals surface area contributed by atoms with E-state index in [4.69, 9.17) is 11.5 Å². The number of nitrogens with one attached hydrogen (secondary N) is 1. The fraction of sp³-hybridized carbons (Fsp3) is 0.417. The fourth-order valence-electron chi connectivity index (χ4n) is 1.47. The first kappa shape index (κ1) is 12.5. The molecule has 0 aromatic heterocycles. The van der Waals surface area contributed by atoms with Crippen LogP contribution in [0.3, 0.4) is 0 Å². The molecule has 4 nitrogen and oxygen atoms in total. The first-order valence-electron chi connectivity index (χ1n) is 5.50. The topological polar surface area (TPSA) is 81.1 Å². The standard InChI is InChI=1S/C12H19N3O/c1-9-10(5-4-6-11(9)14)12(16)15-8-3-2-7-13/h4-6H,2-3,7-8,13-14H2,1H3,(H,15,16). The molecule has 16 heavy (non-hydrogen) atoms. The summed E-state index contributed by atoms with van der Waals surface area (Å²) in [5.41, 5.74) is 13.2. The van der Waals surface area contributed by atoms with E-state index < -0.39 is 0 Å². The Morgan fingerprint density at radius 2 is 2.12 bits per heavy atom. The van der Waals surface area contributed by atoms with E-state index in [1.807, 2.05) is 6.92 Å². The fourth-order valence-corrected chi connectivity index (χ4v) is 1.47. The molecule has 0 bridgehead atoms. The van der Waals surface area contributed by atoms with Crippen molar-refractivity contribution in [2.24, 2.45) is 5.73 Å². The van der Waals surface area contributed by atoms with Crippen LogP contribution in [-0.2, 0) is 0 Å². The Labute approximate surface area is 96.0 Å².